The molecule has 0 amide bonds. The lowest BCUT2D eigenvalue weighted by Crippen LogP contribution is -2.03. The predicted octanol–water partition coefficient (Wildman–Crippen LogP) is 3.11. The summed E-state index contributed by atoms with van der Waals surface area (Å²) in [4.78, 5) is 8.72. The Morgan fingerprint density at radius 2 is 2.05 bits per heavy atom. The van der Waals surface area contributed by atoms with E-state index in [0.717, 1.165) is 35.9 Å². The molecule has 102 valence electrons. The molecule has 0 aliphatic rings. The smallest absolute Gasteiger partial charge is 0.151 e. The van der Waals surface area contributed by atoms with Crippen molar-refractivity contribution in [2.24, 2.45) is 5.92 Å². The zero-order valence-electron chi connectivity index (χ0n) is 11.7. The second-order valence-electron chi connectivity index (χ2n) is 4.71. The highest BCUT2D eigenvalue weighted by Crippen LogP contribution is 2.15. The maximum atomic E-state index is 4.67. The lowest BCUT2D eigenvalue weighted by molar-refractivity contribution is 0.542. The third-order valence-electron chi connectivity index (χ3n) is 3.13. The summed E-state index contributed by atoms with van der Waals surface area (Å²) < 4.78 is 1.94. The molecule has 5 heteroatoms. The van der Waals surface area contributed by atoms with Gasteiger partial charge in [-0.2, -0.15) is 16.9 Å². The number of hydrogen-bond acceptors (Lipinski definition) is 4. The van der Waals surface area contributed by atoms with E-state index in [0.29, 0.717) is 5.92 Å². The van der Waals surface area contributed by atoms with E-state index < -0.39 is 0 Å². The monoisotopic (exact) mass is 276 g/mol. The van der Waals surface area contributed by atoms with Crippen LogP contribution in [-0.4, -0.2) is 26.0 Å². The normalized spacial score (nSPS) is 12.6. The van der Waals surface area contributed by atoms with Crippen molar-refractivity contribution >= 4 is 11.8 Å². The van der Waals surface area contributed by atoms with Gasteiger partial charge in [0.05, 0.1) is 11.4 Å². The van der Waals surface area contributed by atoms with Crippen LogP contribution < -0.4 is 0 Å². The van der Waals surface area contributed by atoms with Crippen LogP contribution in [0.15, 0.2) is 24.5 Å². The van der Waals surface area contributed by atoms with E-state index in [-0.39, 0.29) is 0 Å². The molecule has 0 saturated carbocycles. The predicted molar refractivity (Wildman–Crippen MR) is 79.5 cm³/mol. The number of nitrogens with zero attached hydrogens (tertiary/aromatic N) is 4. The average molecular weight is 276 g/mol. The number of aromatic nitrogens is 4. The highest BCUT2D eigenvalue weighted by Gasteiger charge is 2.12. The van der Waals surface area contributed by atoms with Gasteiger partial charge in [0.1, 0.15) is 5.82 Å². The summed E-state index contributed by atoms with van der Waals surface area (Å²) >= 11 is 1.76. The summed E-state index contributed by atoms with van der Waals surface area (Å²) in [6.45, 7) is 4.44. The van der Waals surface area contributed by atoms with E-state index in [4.69, 9.17) is 0 Å². The summed E-state index contributed by atoms with van der Waals surface area (Å²) in [7, 11) is 0. The second-order valence-corrected chi connectivity index (χ2v) is 5.58. The molecule has 0 N–H and O–H groups in total. The molecule has 0 spiro atoms. The molecule has 0 saturated heterocycles. The first kappa shape index (κ1) is 14.1. The lowest BCUT2D eigenvalue weighted by atomic mass is 10.1. The van der Waals surface area contributed by atoms with Gasteiger partial charge in [0.2, 0.25) is 0 Å². The van der Waals surface area contributed by atoms with Crippen molar-refractivity contribution in [1.29, 1.82) is 0 Å². The van der Waals surface area contributed by atoms with E-state index in [9.17, 15) is 0 Å². The van der Waals surface area contributed by atoms with Crippen molar-refractivity contribution < 1.29 is 0 Å². The largest absolute Gasteiger partial charge is 0.265 e. The molecule has 2 rings (SSSR count). The molecule has 0 aliphatic carbocycles. The molecule has 0 radical (unpaired) electrons. The van der Waals surface area contributed by atoms with Crippen molar-refractivity contribution in [3.05, 3.63) is 36.2 Å². The van der Waals surface area contributed by atoms with Gasteiger partial charge in [0, 0.05) is 18.8 Å². The Kier molecular flexibility index (Phi) is 4.96. The molecule has 0 fully saturated rings. The first-order valence-corrected chi connectivity index (χ1v) is 7.98. The van der Waals surface area contributed by atoms with E-state index >= 15 is 0 Å². The topological polar surface area (TPSA) is 43.6 Å². The van der Waals surface area contributed by atoms with Gasteiger partial charge >= 0.3 is 0 Å². The van der Waals surface area contributed by atoms with Gasteiger partial charge in [-0.3, -0.25) is 4.98 Å². The Bertz CT molecular complexity index is 509. The number of thioether (sulfide) groups is 1. The standard InChI is InChI=1S/C14H20N4S/c1-4-11(2)9-13-16-14(10-19-3)18(17-13)12-5-7-15-8-6-12/h5-8,11H,4,9-10H2,1-3H3/t11-/m0/s1. The maximum absolute atomic E-state index is 4.67. The Balaban J connectivity index is 2.30. The van der Waals surface area contributed by atoms with Crippen molar-refractivity contribution in [3.63, 3.8) is 0 Å². The van der Waals surface area contributed by atoms with Gasteiger partial charge in [0.15, 0.2) is 5.82 Å². The number of pyridine rings is 1. The van der Waals surface area contributed by atoms with Crippen LogP contribution in [0.4, 0.5) is 0 Å². The van der Waals surface area contributed by atoms with E-state index in [1.54, 1.807) is 24.2 Å². The fraction of sp³-hybridized carbons (Fsp3) is 0.500. The zero-order chi connectivity index (χ0) is 13.7. The van der Waals surface area contributed by atoms with Crippen LogP contribution in [0, 0.1) is 5.92 Å². The van der Waals surface area contributed by atoms with Gasteiger partial charge in [-0.15, -0.1) is 0 Å². The average Bonchev–Trinajstić information content (AvgIpc) is 2.83. The van der Waals surface area contributed by atoms with E-state index in [2.05, 4.69) is 35.2 Å². The molecule has 2 heterocycles. The van der Waals surface area contributed by atoms with Crippen molar-refractivity contribution in [2.45, 2.75) is 32.4 Å². The van der Waals surface area contributed by atoms with Gasteiger partial charge < -0.3 is 0 Å². The third kappa shape index (κ3) is 3.56. The van der Waals surface area contributed by atoms with E-state index in [1.165, 1.54) is 0 Å². The van der Waals surface area contributed by atoms with Gasteiger partial charge in [-0.1, -0.05) is 20.3 Å². The molecular weight excluding hydrogens is 256 g/mol. The fourth-order valence-corrected chi connectivity index (χ4v) is 2.29. The lowest BCUT2D eigenvalue weighted by Gasteiger charge is -2.04. The molecule has 0 aliphatic heterocycles. The Labute approximate surface area is 118 Å². The summed E-state index contributed by atoms with van der Waals surface area (Å²) in [5.41, 5.74) is 1.03. The molecule has 0 aromatic carbocycles. The van der Waals surface area contributed by atoms with Gasteiger partial charge in [-0.05, 0) is 24.3 Å². The van der Waals surface area contributed by atoms with Crippen molar-refractivity contribution in [1.82, 2.24) is 19.7 Å². The van der Waals surface area contributed by atoms with Crippen molar-refractivity contribution in [2.75, 3.05) is 6.26 Å². The summed E-state index contributed by atoms with van der Waals surface area (Å²) in [5.74, 6) is 3.44. The number of rotatable bonds is 6. The molecule has 0 unspecified atom stereocenters. The highest BCUT2D eigenvalue weighted by atomic mass is 32.2. The SMILES string of the molecule is CC[C@H](C)Cc1nc(CSC)n(-c2ccncc2)n1. The molecule has 4 nitrogen and oxygen atoms in total. The zero-order valence-corrected chi connectivity index (χ0v) is 12.5. The van der Waals surface area contributed by atoms with Gasteiger partial charge in [-0.25, -0.2) is 9.67 Å². The summed E-state index contributed by atoms with van der Waals surface area (Å²) in [5, 5.41) is 4.65. The van der Waals surface area contributed by atoms with Crippen LogP contribution in [0.25, 0.3) is 5.69 Å². The third-order valence-corrected chi connectivity index (χ3v) is 3.67. The minimum absolute atomic E-state index is 0.621. The number of hydrogen-bond donors (Lipinski definition) is 0. The van der Waals surface area contributed by atoms with E-state index in [1.807, 2.05) is 16.8 Å². The fourth-order valence-electron chi connectivity index (χ4n) is 1.85. The van der Waals surface area contributed by atoms with Crippen LogP contribution in [-0.2, 0) is 12.2 Å². The van der Waals surface area contributed by atoms with Crippen LogP contribution >= 0.6 is 11.8 Å². The highest BCUT2D eigenvalue weighted by molar-refractivity contribution is 7.97. The van der Waals surface area contributed by atoms with Crippen LogP contribution in [0.5, 0.6) is 0 Å². The summed E-state index contributed by atoms with van der Waals surface area (Å²) in [6.07, 6.45) is 7.75. The molecular formula is C14H20N4S. The molecule has 2 aromatic heterocycles. The van der Waals surface area contributed by atoms with Crippen LogP contribution in [0.2, 0.25) is 0 Å². The molecule has 19 heavy (non-hydrogen) atoms. The molecule has 1 atom stereocenters. The first-order valence-electron chi connectivity index (χ1n) is 6.58. The van der Waals surface area contributed by atoms with Crippen molar-refractivity contribution in [3.8, 4) is 5.69 Å². The Morgan fingerprint density at radius 1 is 1.32 bits per heavy atom. The quantitative estimate of drug-likeness (QED) is 0.813. The van der Waals surface area contributed by atoms with Gasteiger partial charge in [0.25, 0.3) is 0 Å². The van der Waals surface area contributed by atoms with Crippen LogP contribution in [0.1, 0.15) is 31.9 Å². The Morgan fingerprint density at radius 3 is 2.68 bits per heavy atom. The molecule has 2 aromatic rings. The summed E-state index contributed by atoms with van der Waals surface area (Å²) in [6, 6.07) is 3.93. The molecule has 0 bridgehead atoms. The Hall–Kier alpha value is -1.36. The second kappa shape index (κ2) is 6.70. The minimum atomic E-state index is 0.621. The van der Waals surface area contributed by atoms with Crippen LogP contribution in [0.3, 0.4) is 0 Å². The first-order chi connectivity index (χ1) is 9.24. The maximum Gasteiger partial charge on any atom is 0.151 e. The minimum Gasteiger partial charge on any atom is -0.265 e.